The summed E-state index contributed by atoms with van der Waals surface area (Å²) in [6.07, 6.45) is 4.68. The molecule has 0 saturated carbocycles. The third kappa shape index (κ3) is 4.10. The number of nitrogens with zero attached hydrogens (tertiary/aromatic N) is 7. The van der Waals surface area contributed by atoms with Gasteiger partial charge in [-0.3, -0.25) is 9.59 Å². The molecule has 0 spiro atoms. The number of rotatable bonds is 4. The Bertz CT molecular complexity index is 1310. The van der Waals surface area contributed by atoms with Crippen LogP contribution >= 0.6 is 11.6 Å². The Balaban J connectivity index is 1.27. The number of aromatic nitrogens is 5. The molecule has 10 heteroatoms. The van der Waals surface area contributed by atoms with E-state index in [1.54, 1.807) is 46.4 Å². The number of carbonyl (C=O) groups is 1. The number of carbonyl (C=O) groups excluding carboxylic acids is 1. The molecule has 0 unspecified atom stereocenters. The normalized spacial score (nSPS) is 13.8. The second kappa shape index (κ2) is 8.87. The van der Waals surface area contributed by atoms with Crippen molar-refractivity contribution >= 4 is 23.2 Å². The van der Waals surface area contributed by atoms with Crippen LogP contribution in [-0.4, -0.2) is 61.5 Å². The van der Waals surface area contributed by atoms with Crippen LogP contribution in [0.3, 0.4) is 0 Å². The van der Waals surface area contributed by atoms with Crippen molar-refractivity contribution in [2.24, 2.45) is 0 Å². The molecule has 0 atom stereocenters. The van der Waals surface area contributed by atoms with E-state index in [9.17, 15) is 9.59 Å². The fourth-order valence-electron chi connectivity index (χ4n) is 3.83. The van der Waals surface area contributed by atoms with E-state index in [-0.39, 0.29) is 16.5 Å². The van der Waals surface area contributed by atoms with Crippen LogP contribution < -0.4 is 10.5 Å². The van der Waals surface area contributed by atoms with Gasteiger partial charge in [-0.2, -0.15) is 14.9 Å². The van der Waals surface area contributed by atoms with Gasteiger partial charge in [-0.1, -0.05) is 29.8 Å². The maximum Gasteiger partial charge on any atom is 0.292 e. The van der Waals surface area contributed by atoms with E-state index in [2.05, 4.69) is 15.2 Å². The highest BCUT2D eigenvalue weighted by Gasteiger charge is 2.25. The van der Waals surface area contributed by atoms with E-state index in [0.29, 0.717) is 43.1 Å². The van der Waals surface area contributed by atoms with Gasteiger partial charge >= 0.3 is 0 Å². The molecule has 0 aliphatic carbocycles. The number of benzene rings is 2. The molecule has 0 N–H and O–H groups in total. The van der Waals surface area contributed by atoms with Gasteiger partial charge in [0.15, 0.2) is 0 Å². The molecule has 4 aromatic rings. The van der Waals surface area contributed by atoms with Gasteiger partial charge in [-0.25, -0.2) is 9.67 Å². The van der Waals surface area contributed by atoms with Crippen molar-refractivity contribution in [1.82, 2.24) is 29.4 Å². The van der Waals surface area contributed by atoms with Gasteiger partial charge < -0.3 is 9.80 Å². The summed E-state index contributed by atoms with van der Waals surface area (Å²) in [4.78, 5) is 33.4. The summed E-state index contributed by atoms with van der Waals surface area (Å²) in [5.74, 6) is -0.0384. The first kappa shape index (κ1) is 20.9. The third-order valence-corrected chi connectivity index (χ3v) is 5.96. The highest BCUT2D eigenvalue weighted by atomic mass is 35.5. The Morgan fingerprint density at radius 2 is 1.61 bits per heavy atom. The van der Waals surface area contributed by atoms with Crippen molar-refractivity contribution in [2.45, 2.75) is 0 Å². The minimum absolute atomic E-state index is 0.0384. The number of anilines is 1. The molecule has 1 saturated heterocycles. The largest absolute Gasteiger partial charge is 0.365 e. The summed E-state index contributed by atoms with van der Waals surface area (Å²) in [5, 5.41) is 8.51. The lowest BCUT2D eigenvalue weighted by Crippen LogP contribution is -2.49. The highest BCUT2D eigenvalue weighted by molar-refractivity contribution is 6.33. The second-order valence-electron chi connectivity index (χ2n) is 7.56. The fraction of sp³-hybridized carbons (Fsp3) is 0.174. The van der Waals surface area contributed by atoms with Crippen LogP contribution in [0.15, 0.2) is 78.2 Å². The first-order valence-corrected chi connectivity index (χ1v) is 10.8. The molecule has 5 rings (SSSR count). The van der Waals surface area contributed by atoms with Crippen molar-refractivity contribution < 1.29 is 4.79 Å². The van der Waals surface area contributed by atoms with Crippen molar-refractivity contribution in [2.75, 3.05) is 31.1 Å². The summed E-state index contributed by atoms with van der Waals surface area (Å²) in [7, 11) is 0. The Morgan fingerprint density at radius 3 is 2.27 bits per heavy atom. The predicted molar refractivity (Wildman–Crippen MR) is 124 cm³/mol. The minimum Gasteiger partial charge on any atom is -0.365 e. The van der Waals surface area contributed by atoms with Gasteiger partial charge in [-0.15, -0.1) is 0 Å². The number of hydrogen-bond acceptors (Lipinski definition) is 6. The fourth-order valence-corrected chi connectivity index (χ4v) is 4.08. The average molecular weight is 462 g/mol. The van der Waals surface area contributed by atoms with E-state index in [4.69, 9.17) is 11.6 Å². The molecule has 3 heterocycles. The first-order chi connectivity index (χ1) is 16.1. The van der Waals surface area contributed by atoms with Crippen LogP contribution in [0.2, 0.25) is 5.02 Å². The maximum absolute atomic E-state index is 12.9. The van der Waals surface area contributed by atoms with Crippen LogP contribution in [0.1, 0.15) is 10.4 Å². The lowest BCUT2D eigenvalue weighted by Gasteiger charge is -2.36. The number of amides is 1. The van der Waals surface area contributed by atoms with Crippen LogP contribution in [0, 0.1) is 0 Å². The predicted octanol–water partition coefficient (Wildman–Crippen LogP) is 2.43. The van der Waals surface area contributed by atoms with Crippen molar-refractivity contribution in [3.8, 4) is 11.4 Å². The minimum atomic E-state index is -0.369. The Labute approximate surface area is 194 Å². The Morgan fingerprint density at radius 1 is 0.879 bits per heavy atom. The van der Waals surface area contributed by atoms with E-state index in [1.807, 2.05) is 35.2 Å². The quantitative estimate of drug-likeness (QED) is 0.463. The molecule has 9 nitrogen and oxygen atoms in total. The zero-order chi connectivity index (χ0) is 22.8. The molecular weight excluding hydrogens is 442 g/mol. The molecule has 33 heavy (non-hydrogen) atoms. The SMILES string of the molecule is O=C(c1ccc(-n2cncn2)cc1)N1CCN(c2cnn(-c3ccccc3)c(=O)c2Cl)CC1. The molecular formula is C23H20ClN7O2. The summed E-state index contributed by atoms with van der Waals surface area (Å²) >= 11 is 6.43. The summed E-state index contributed by atoms with van der Waals surface area (Å²) in [6.45, 7) is 2.14. The highest BCUT2D eigenvalue weighted by Crippen LogP contribution is 2.23. The van der Waals surface area contributed by atoms with Gasteiger partial charge in [0.05, 0.1) is 23.3 Å². The third-order valence-electron chi connectivity index (χ3n) is 5.61. The van der Waals surface area contributed by atoms with Gasteiger partial charge in [0.2, 0.25) is 0 Å². The lowest BCUT2D eigenvalue weighted by molar-refractivity contribution is 0.0747. The van der Waals surface area contributed by atoms with E-state index < -0.39 is 0 Å². The molecule has 0 radical (unpaired) electrons. The van der Waals surface area contributed by atoms with E-state index in [1.165, 1.54) is 11.0 Å². The van der Waals surface area contributed by atoms with Gasteiger partial charge in [0.1, 0.15) is 17.7 Å². The van der Waals surface area contributed by atoms with Crippen LogP contribution in [0.5, 0.6) is 0 Å². The average Bonchev–Trinajstić information content (AvgIpc) is 3.41. The van der Waals surface area contributed by atoms with Crippen molar-refractivity contribution in [1.29, 1.82) is 0 Å². The molecule has 1 amide bonds. The standard InChI is InChI=1S/C23H20ClN7O2/c24-21-20(14-26-31(23(21)33)19-4-2-1-3-5-19)28-10-12-29(13-11-28)22(32)17-6-8-18(9-7-17)30-16-25-15-27-30/h1-9,14-16H,10-13H2. The van der Waals surface area contributed by atoms with Gasteiger partial charge in [0.25, 0.3) is 11.5 Å². The second-order valence-corrected chi connectivity index (χ2v) is 7.94. The smallest absolute Gasteiger partial charge is 0.292 e. The number of hydrogen-bond donors (Lipinski definition) is 0. The van der Waals surface area contributed by atoms with Gasteiger partial charge in [-0.05, 0) is 36.4 Å². The first-order valence-electron chi connectivity index (χ1n) is 10.4. The zero-order valence-corrected chi connectivity index (χ0v) is 18.3. The molecule has 166 valence electrons. The molecule has 0 bridgehead atoms. The number of halogens is 1. The van der Waals surface area contributed by atoms with Crippen LogP contribution in [0.25, 0.3) is 11.4 Å². The lowest BCUT2D eigenvalue weighted by atomic mass is 10.1. The summed E-state index contributed by atoms with van der Waals surface area (Å²) in [5.41, 5.74) is 2.31. The number of piperazine rings is 1. The van der Waals surface area contributed by atoms with E-state index >= 15 is 0 Å². The van der Waals surface area contributed by atoms with Gasteiger partial charge in [0, 0.05) is 31.7 Å². The summed E-state index contributed by atoms with van der Waals surface area (Å²) < 4.78 is 2.92. The van der Waals surface area contributed by atoms with Crippen LogP contribution in [0.4, 0.5) is 5.69 Å². The molecule has 2 aromatic carbocycles. The topological polar surface area (TPSA) is 89.2 Å². The molecule has 1 aliphatic heterocycles. The van der Waals surface area contributed by atoms with E-state index in [0.717, 1.165) is 5.69 Å². The Hall–Kier alpha value is -3.98. The molecule has 2 aromatic heterocycles. The van der Waals surface area contributed by atoms with Crippen molar-refractivity contribution in [3.63, 3.8) is 0 Å². The van der Waals surface area contributed by atoms with Crippen LogP contribution in [-0.2, 0) is 0 Å². The monoisotopic (exact) mass is 461 g/mol. The molecule has 1 fully saturated rings. The van der Waals surface area contributed by atoms with Crippen molar-refractivity contribution in [3.05, 3.63) is 94.4 Å². The Kier molecular flexibility index (Phi) is 5.62. The summed E-state index contributed by atoms with van der Waals surface area (Å²) in [6, 6.07) is 16.4. The molecule has 1 aliphatic rings. The maximum atomic E-state index is 12.9. The zero-order valence-electron chi connectivity index (χ0n) is 17.6. The number of para-hydroxylation sites is 1.